The lowest BCUT2D eigenvalue weighted by Gasteiger charge is -2.39. The number of carbonyl (C=O) groups excluding carboxylic acids is 2. The van der Waals surface area contributed by atoms with Gasteiger partial charge in [0.2, 0.25) is 0 Å². The molecule has 3 aromatic rings. The van der Waals surface area contributed by atoms with Crippen LogP contribution >= 0.6 is 0 Å². The largest absolute Gasteiger partial charge is 0.487 e. The zero-order valence-corrected chi connectivity index (χ0v) is 22.5. The lowest BCUT2D eigenvalue weighted by molar-refractivity contribution is -0.138. The number of ketones is 1. The summed E-state index contributed by atoms with van der Waals surface area (Å²) in [6.07, 6.45) is 2.86. The highest BCUT2D eigenvalue weighted by molar-refractivity contribution is 6.04. The van der Waals surface area contributed by atoms with Gasteiger partial charge in [0, 0.05) is 29.3 Å². The van der Waals surface area contributed by atoms with Gasteiger partial charge in [-0.25, -0.2) is 13.9 Å². The summed E-state index contributed by atoms with van der Waals surface area (Å²) < 4.78 is 26.1. The normalized spacial score (nSPS) is 18.5. The number of halogens is 1. The van der Waals surface area contributed by atoms with E-state index in [-0.39, 0.29) is 30.2 Å². The number of carbonyl (C=O) groups is 2. The molecule has 1 unspecified atom stereocenters. The van der Waals surface area contributed by atoms with Crippen LogP contribution in [-0.2, 0) is 20.9 Å². The van der Waals surface area contributed by atoms with Crippen LogP contribution in [0.2, 0.25) is 0 Å². The van der Waals surface area contributed by atoms with Crippen molar-refractivity contribution < 1.29 is 23.5 Å². The van der Waals surface area contributed by atoms with Crippen LogP contribution in [0.15, 0.2) is 77.3 Å². The second kappa shape index (κ2) is 10.5. The maximum Gasteiger partial charge on any atom is 0.336 e. The first-order chi connectivity index (χ1) is 18.6. The van der Waals surface area contributed by atoms with Crippen molar-refractivity contribution in [1.29, 1.82) is 0 Å². The van der Waals surface area contributed by atoms with E-state index in [4.69, 9.17) is 9.47 Å². The number of dihydropyridines is 1. The number of esters is 1. The predicted octanol–water partition coefficient (Wildman–Crippen LogP) is 5.15. The van der Waals surface area contributed by atoms with E-state index in [2.05, 4.69) is 29.5 Å². The van der Waals surface area contributed by atoms with Crippen molar-refractivity contribution in [2.75, 3.05) is 6.61 Å². The van der Waals surface area contributed by atoms with Crippen molar-refractivity contribution in [1.82, 2.24) is 20.3 Å². The Bertz CT molecular complexity index is 1470. The molecule has 1 aromatic heterocycles. The zero-order chi connectivity index (χ0) is 27.7. The van der Waals surface area contributed by atoms with E-state index in [1.807, 2.05) is 31.2 Å². The number of nitrogens with zero attached hydrogens (tertiary/aromatic N) is 3. The number of nitrogens with one attached hydrogen (secondary N) is 1. The maximum atomic E-state index is 13.4. The van der Waals surface area contributed by atoms with Gasteiger partial charge in [-0.2, -0.15) is 0 Å². The minimum Gasteiger partial charge on any atom is -0.487 e. The Hall–Kier alpha value is -4.27. The maximum absolute atomic E-state index is 13.4. The number of aromatic nitrogens is 3. The lowest BCUT2D eigenvalue weighted by atomic mass is 9.68. The van der Waals surface area contributed by atoms with Crippen LogP contribution in [0.1, 0.15) is 57.7 Å². The van der Waals surface area contributed by atoms with E-state index in [1.54, 1.807) is 29.9 Å². The summed E-state index contributed by atoms with van der Waals surface area (Å²) in [6.45, 7) is 8.21. The fourth-order valence-electron chi connectivity index (χ4n) is 5.25. The van der Waals surface area contributed by atoms with Gasteiger partial charge in [-0.05, 0) is 67.6 Å². The summed E-state index contributed by atoms with van der Waals surface area (Å²) in [5.74, 6) is -0.625. The molecule has 2 aliphatic rings. The molecule has 2 heterocycles. The van der Waals surface area contributed by atoms with Crippen molar-refractivity contribution in [2.24, 2.45) is 5.41 Å². The average Bonchev–Trinajstić information content (AvgIpc) is 3.36. The van der Waals surface area contributed by atoms with Gasteiger partial charge in [-0.15, -0.1) is 5.10 Å². The third kappa shape index (κ3) is 5.48. The number of rotatable bonds is 7. The van der Waals surface area contributed by atoms with Crippen molar-refractivity contribution >= 4 is 11.8 Å². The highest BCUT2D eigenvalue weighted by atomic mass is 19.1. The summed E-state index contributed by atoms with van der Waals surface area (Å²) in [7, 11) is 0. The van der Waals surface area contributed by atoms with Crippen molar-refractivity contribution in [2.45, 2.75) is 53.1 Å². The highest BCUT2D eigenvalue weighted by Gasteiger charge is 2.43. The standard InChI is InChI=1S/C30H31FN4O4/c1-5-38-29(37)26-18(2)32-24-14-30(3,4)15-25(36)28(24)27(26)19-6-12-23(13-7-19)39-17-21-16-35(34-33-21)22-10-8-20(31)9-11-22/h6-13,16,27,32H,5,14-15,17H2,1-4H3. The van der Waals surface area contributed by atoms with Crippen LogP contribution in [0.25, 0.3) is 5.69 Å². The molecular weight excluding hydrogens is 499 g/mol. The molecule has 0 saturated carbocycles. The highest BCUT2D eigenvalue weighted by Crippen LogP contribution is 2.47. The number of hydrogen-bond acceptors (Lipinski definition) is 7. The van der Waals surface area contributed by atoms with Gasteiger partial charge in [-0.1, -0.05) is 31.2 Å². The van der Waals surface area contributed by atoms with Gasteiger partial charge >= 0.3 is 5.97 Å². The van der Waals surface area contributed by atoms with Crippen LogP contribution in [0.5, 0.6) is 5.75 Å². The second-order valence-electron chi connectivity index (χ2n) is 10.6. The second-order valence-corrected chi connectivity index (χ2v) is 10.6. The quantitative estimate of drug-likeness (QED) is 0.422. The summed E-state index contributed by atoms with van der Waals surface area (Å²) in [6, 6.07) is 13.4. The fraction of sp³-hybridized carbons (Fsp3) is 0.333. The minimum absolute atomic E-state index is 0.0395. The topological polar surface area (TPSA) is 95.3 Å². The number of ether oxygens (including phenoxy) is 2. The smallest absolute Gasteiger partial charge is 0.336 e. The molecule has 0 fully saturated rings. The summed E-state index contributed by atoms with van der Waals surface area (Å²) in [4.78, 5) is 26.4. The molecule has 9 heteroatoms. The fourth-order valence-corrected chi connectivity index (χ4v) is 5.25. The molecule has 202 valence electrons. The molecule has 0 bridgehead atoms. The molecular formula is C30H31FN4O4. The van der Waals surface area contributed by atoms with Crippen LogP contribution in [0, 0.1) is 11.2 Å². The van der Waals surface area contributed by atoms with E-state index in [1.165, 1.54) is 12.1 Å². The molecule has 8 nitrogen and oxygen atoms in total. The average molecular weight is 531 g/mol. The number of allylic oxidation sites excluding steroid dienone is 3. The Morgan fingerprint density at radius 2 is 1.85 bits per heavy atom. The molecule has 1 aliphatic heterocycles. The Kier molecular flexibility index (Phi) is 7.08. The Balaban J connectivity index is 1.38. The Morgan fingerprint density at radius 1 is 1.13 bits per heavy atom. The van der Waals surface area contributed by atoms with Gasteiger partial charge < -0.3 is 14.8 Å². The molecule has 0 amide bonds. The monoisotopic (exact) mass is 530 g/mol. The van der Waals surface area contributed by atoms with E-state index in [0.29, 0.717) is 40.4 Å². The number of hydrogen-bond donors (Lipinski definition) is 1. The zero-order valence-electron chi connectivity index (χ0n) is 22.5. The van der Waals surface area contributed by atoms with Gasteiger partial charge in [0.25, 0.3) is 0 Å². The third-order valence-electron chi connectivity index (χ3n) is 6.97. The summed E-state index contributed by atoms with van der Waals surface area (Å²) >= 11 is 0. The SMILES string of the molecule is CCOC(=O)C1=C(C)NC2=C(C(=O)CC(C)(C)C2)C1c1ccc(OCc2cn(-c3ccc(F)cc3)nn2)cc1. The van der Waals surface area contributed by atoms with Crippen LogP contribution in [-0.4, -0.2) is 33.4 Å². The molecule has 5 rings (SSSR count). The molecule has 39 heavy (non-hydrogen) atoms. The lowest BCUT2D eigenvalue weighted by Crippen LogP contribution is -2.38. The molecule has 0 radical (unpaired) electrons. The van der Waals surface area contributed by atoms with Gasteiger partial charge in [0.15, 0.2) is 5.78 Å². The Morgan fingerprint density at radius 3 is 2.54 bits per heavy atom. The first-order valence-corrected chi connectivity index (χ1v) is 13.0. The molecule has 1 aliphatic carbocycles. The molecule has 0 saturated heterocycles. The first-order valence-electron chi connectivity index (χ1n) is 13.0. The van der Waals surface area contributed by atoms with Crippen molar-refractivity contribution in [3.8, 4) is 11.4 Å². The van der Waals surface area contributed by atoms with Crippen LogP contribution in [0.3, 0.4) is 0 Å². The van der Waals surface area contributed by atoms with Crippen molar-refractivity contribution in [3.63, 3.8) is 0 Å². The van der Waals surface area contributed by atoms with E-state index in [9.17, 15) is 14.0 Å². The van der Waals surface area contributed by atoms with E-state index < -0.39 is 11.9 Å². The molecule has 2 aromatic carbocycles. The summed E-state index contributed by atoms with van der Waals surface area (Å²) in [5.41, 5.74) is 4.61. The van der Waals surface area contributed by atoms with Crippen molar-refractivity contribution in [3.05, 3.63) is 94.3 Å². The van der Waals surface area contributed by atoms with Crippen LogP contribution in [0.4, 0.5) is 4.39 Å². The molecule has 0 spiro atoms. The van der Waals surface area contributed by atoms with E-state index in [0.717, 1.165) is 17.7 Å². The minimum atomic E-state index is -0.520. The molecule has 1 atom stereocenters. The predicted molar refractivity (Wildman–Crippen MR) is 142 cm³/mol. The van der Waals surface area contributed by atoms with Crippen LogP contribution < -0.4 is 10.1 Å². The van der Waals surface area contributed by atoms with Gasteiger partial charge in [0.05, 0.1) is 24.1 Å². The Labute approximate surface area is 226 Å². The summed E-state index contributed by atoms with van der Waals surface area (Å²) in [5, 5.41) is 11.5. The van der Waals surface area contributed by atoms with Gasteiger partial charge in [0.1, 0.15) is 23.9 Å². The van der Waals surface area contributed by atoms with E-state index >= 15 is 0 Å². The third-order valence-corrected chi connectivity index (χ3v) is 6.97. The molecule has 1 N–H and O–H groups in total. The first kappa shape index (κ1) is 26.3. The number of Topliss-reactive ketones (excluding diaryl/α,β-unsaturated/α-hetero) is 1. The number of benzene rings is 2. The van der Waals surface area contributed by atoms with Gasteiger partial charge in [-0.3, -0.25) is 4.79 Å².